The zero-order valence-electron chi connectivity index (χ0n) is 79.1. The van der Waals surface area contributed by atoms with E-state index in [0.717, 1.165) is 27.8 Å². The molecule has 15 aromatic rings. The summed E-state index contributed by atoms with van der Waals surface area (Å²) in [4.78, 5) is 0. The lowest BCUT2D eigenvalue weighted by molar-refractivity contribution is 1.35. The van der Waals surface area contributed by atoms with Gasteiger partial charge in [0.25, 0.3) is 0 Å². The highest BCUT2D eigenvalue weighted by atomic mass is 14.3. The van der Waals surface area contributed by atoms with Crippen LogP contribution >= 0.6 is 0 Å². The maximum absolute atomic E-state index is 8.58. The van der Waals surface area contributed by atoms with Crippen molar-refractivity contribution < 1.29 is 0 Å². The molecule has 0 saturated heterocycles. The number of benzene rings is 15. The number of hydrogen-bond acceptors (Lipinski definition) is 10. The molecule has 0 spiro atoms. The van der Waals surface area contributed by atoms with Crippen LogP contribution in [0.2, 0.25) is 0 Å². The molecule has 0 aliphatic carbocycles. The molecule has 0 radical (unpaired) electrons. The van der Waals surface area contributed by atoms with Crippen molar-refractivity contribution in [2.45, 2.75) is 138 Å². The second-order valence-corrected chi connectivity index (χ2v) is 27.5. The summed E-state index contributed by atoms with van der Waals surface area (Å²) in [5.41, 5.74) is 29.3. The minimum absolute atomic E-state index is 0.443. The van der Waals surface area contributed by atoms with Gasteiger partial charge in [-0.25, -0.2) is 0 Å². The molecule has 10 heteroatoms. The minimum atomic E-state index is 0.443. The number of rotatable bonds is 5. The van der Waals surface area contributed by atoms with Crippen molar-refractivity contribution in [1.29, 1.82) is 52.6 Å². The van der Waals surface area contributed by atoms with Crippen molar-refractivity contribution in [3.8, 4) is 116 Å². The van der Waals surface area contributed by atoms with Crippen LogP contribution in [0.25, 0.3) is 55.6 Å². The van der Waals surface area contributed by atoms with E-state index in [-0.39, 0.29) is 0 Å². The fourth-order valence-electron chi connectivity index (χ4n) is 11.6. The molecule has 0 fully saturated rings. The summed E-state index contributed by atoms with van der Waals surface area (Å²) in [6.45, 7) is 39.8. The predicted molar refractivity (Wildman–Crippen MR) is 543 cm³/mol. The molecule has 0 aliphatic heterocycles. The Balaban J connectivity index is 0.000000715. The Bertz CT molecular complexity index is 5730. The van der Waals surface area contributed by atoms with E-state index in [2.05, 4.69) is 277 Å². The van der Waals surface area contributed by atoms with Gasteiger partial charge in [0.1, 0.15) is 12.1 Å². The molecule has 0 aliphatic rings. The van der Waals surface area contributed by atoms with Gasteiger partial charge in [0.15, 0.2) is 0 Å². The molecule has 0 atom stereocenters. The van der Waals surface area contributed by atoms with Gasteiger partial charge in [-0.05, 0) is 225 Å². The average Bonchev–Trinajstić information content (AvgIpc) is 0.867. The first-order valence-corrected chi connectivity index (χ1v) is 43.3. The summed E-state index contributed by atoms with van der Waals surface area (Å²) in [5.74, 6) is 0. The third kappa shape index (κ3) is 42.5. The van der Waals surface area contributed by atoms with Gasteiger partial charge >= 0.3 is 0 Å². The Morgan fingerprint density at radius 3 is 0.646 bits per heavy atom. The third-order valence-electron chi connectivity index (χ3n) is 17.9. The number of nitriles is 10. The first kappa shape index (κ1) is 111. The standard InChI is InChI=1S/5C13H12.5C9H6N2.5C2H6/c5*1-11-6-5-9-13(10-11)12-7-3-2-4-8-12;1-7-2-8(5-10)4-9(3-7)6-11;1-7-4-8(5-10)2-3-9(7)6-11;1-7-2-3-8(5-10)4-9(7)6-11;1-7-2-3-8(5-10)9(4-7)6-11;1-7-8(5-10)3-2-4-9(7)6-11;5*1-2/h5*2-10H,1H3;5*2-4H,1H3;5*1-2H3. The molecular weight excluding hydrogens is 1580 g/mol. The van der Waals surface area contributed by atoms with E-state index in [1.165, 1.54) is 83.5 Å². The third-order valence-corrected chi connectivity index (χ3v) is 17.9. The van der Waals surface area contributed by atoms with Crippen LogP contribution in [0.15, 0.2) is 364 Å². The van der Waals surface area contributed by atoms with Gasteiger partial charge < -0.3 is 0 Å². The first-order chi connectivity index (χ1) is 63.2. The van der Waals surface area contributed by atoms with Crippen molar-refractivity contribution >= 4 is 0 Å². The van der Waals surface area contributed by atoms with Gasteiger partial charge in [0.05, 0.1) is 104 Å². The van der Waals surface area contributed by atoms with Crippen molar-refractivity contribution in [3.63, 3.8) is 0 Å². The maximum Gasteiger partial charge on any atom is 0.101 e. The average molecular weight is 1700 g/mol. The highest BCUT2D eigenvalue weighted by Gasteiger charge is 2.05. The molecule has 10 nitrogen and oxygen atoms in total. The van der Waals surface area contributed by atoms with Gasteiger partial charge in [-0.2, -0.15) is 52.6 Å². The van der Waals surface area contributed by atoms with E-state index in [0.29, 0.717) is 55.6 Å². The molecule has 0 aromatic heterocycles. The molecule has 130 heavy (non-hydrogen) atoms. The number of hydrogen-bond donors (Lipinski definition) is 0. The lowest BCUT2D eigenvalue weighted by Gasteiger charge is -2.01. The summed E-state index contributed by atoms with van der Waals surface area (Å²) in [7, 11) is 0. The second kappa shape index (κ2) is 67.7. The van der Waals surface area contributed by atoms with E-state index in [9.17, 15) is 0 Å². The van der Waals surface area contributed by atoms with E-state index in [1.807, 2.05) is 194 Å². The lowest BCUT2D eigenvalue weighted by atomic mass is 10.0. The molecule has 0 N–H and O–H groups in total. The van der Waals surface area contributed by atoms with Crippen molar-refractivity contribution in [1.82, 2.24) is 0 Å². The van der Waals surface area contributed by atoms with Crippen LogP contribution in [0.4, 0.5) is 0 Å². The van der Waals surface area contributed by atoms with E-state index >= 15 is 0 Å². The number of aryl methyl sites for hydroxylation is 9. The molecule has 0 bridgehead atoms. The predicted octanol–water partition coefficient (Wildman–Crippen LogP) is 32.1. The fraction of sp³-hybridized carbons (Fsp3) is 0.167. The Hall–Kier alpha value is -16.8. The van der Waals surface area contributed by atoms with Crippen molar-refractivity contribution in [3.05, 3.63) is 475 Å². The highest BCUT2D eigenvalue weighted by Crippen LogP contribution is 2.25. The molecule has 0 unspecified atom stereocenters. The molecular formula is C120H120N10. The zero-order valence-corrected chi connectivity index (χ0v) is 79.1. The summed E-state index contributed by atoms with van der Waals surface area (Å²) in [6.07, 6.45) is 0. The van der Waals surface area contributed by atoms with Crippen LogP contribution in [-0.4, -0.2) is 0 Å². The summed E-state index contributed by atoms with van der Waals surface area (Å²) in [5, 5.41) is 85.4. The van der Waals surface area contributed by atoms with E-state index in [4.69, 9.17) is 52.6 Å². The van der Waals surface area contributed by atoms with Crippen molar-refractivity contribution in [2.75, 3.05) is 0 Å². The maximum atomic E-state index is 8.58. The van der Waals surface area contributed by atoms with Gasteiger partial charge in [-0.1, -0.05) is 388 Å². The fourth-order valence-corrected chi connectivity index (χ4v) is 11.6. The van der Waals surface area contributed by atoms with Crippen LogP contribution in [-0.2, 0) is 0 Å². The largest absolute Gasteiger partial charge is 0.192 e. The zero-order chi connectivity index (χ0) is 96.8. The van der Waals surface area contributed by atoms with Crippen molar-refractivity contribution in [2.24, 2.45) is 0 Å². The first-order valence-electron chi connectivity index (χ1n) is 43.3. The van der Waals surface area contributed by atoms with Crippen LogP contribution in [0.1, 0.15) is 181 Å². The molecule has 0 heterocycles. The quantitative estimate of drug-likeness (QED) is 0.158. The van der Waals surface area contributed by atoms with Crippen LogP contribution in [0.5, 0.6) is 0 Å². The SMILES string of the molecule is CC.CC.CC.CC.CC.Cc1c(C#N)cccc1C#N.Cc1cc(C#N)cc(C#N)c1.Cc1cc(C#N)ccc1C#N.Cc1ccc(C#N)c(C#N)c1.Cc1ccc(C#N)cc1C#N.Cc1cccc(-c2ccccc2)c1.Cc1cccc(-c2ccccc2)c1.Cc1cccc(-c2ccccc2)c1.Cc1cccc(-c2ccccc2)c1.Cc1cccc(-c2ccccc2)c1. The van der Waals surface area contributed by atoms with Gasteiger partial charge in [-0.15, -0.1) is 0 Å². The van der Waals surface area contributed by atoms with Crippen LogP contribution < -0.4 is 0 Å². The Labute approximate surface area is 777 Å². The lowest BCUT2D eigenvalue weighted by Crippen LogP contribution is -1.85. The van der Waals surface area contributed by atoms with E-state index in [1.54, 1.807) is 91.9 Å². The Morgan fingerprint density at radius 1 is 0.138 bits per heavy atom. The topological polar surface area (TPSA) is 238 Å². The highest BCUT2D eigenvalue weighted by molar-refractivity contribution is 5.68. The minimum Gasteiger partial charge on any atom is -0.192 e. The van der Waals surface area contributed by atoms with Crippen LogP contribution in [0, 0.1) is 183 Å². The van der Waals surface area contributed by atoms with Gasteiger partial charge in [0.2, 0.25) is 0 Å². The smallest absolute Gasteiger partial charge is 0.101 e. The summed E-state index contributed by atoms with van der Waals surface area (Å²) in [6, 6.07) is 140. The number of nitrogens with zero attached hydrogens (tertiary/aromatic N) is 10. The Morgan fingerprint density at radius 2 is 0.385 bits per heavy atom. The molecule has 650 valence electrons. The molecule has 15 rings (SSSR count). The normalized spacial score (nSPS) is 8.69. The summed E-state index contributed by atoms with van der Waals surface area (Å²) < 4.78 is 0. The molecule has 0 amide bonds. The molecule has 0 saturated carbocycles. The van der Waals surface area contributed by atoms with Gasteiger partial charge in [-0.3, -0.25) is 0 Å². The van der Waals surface area contributed by atoms with Gasteiger partial charge in [0, 0.05) is 0 Å². The van der Waals surface area contributed by atoms with Crippen LogP contribution in [0.3, 0.4) is 0 Å². The summed E-state index contributed by atoms with van der Waals surface area (Å²) >= 11 is 0. The van der Waals surface area contributed by atoms with E-state index < -0.39 is 0 Å². The molecule has 15 aromatic carbocycles. The monoisotopic (exact) mass is 1700 g/mol. The Kier molecular flexibility index (Phi) is 57.9. The second-order valence-electron chi connectivity index (χ2n) is 27.5.